The van der Waals surface area contributed by atoms with Gasteiger partial charge in [-0.15, -0.1) is 0 Å². The molecule has 5 nitrogen and oxygen atoms in total. The Bertz CT molecular complexity index is 1180. The summed E-state index contributed by atoms with van der Waals surface area (Å²) < 4.78 is 5.23. The van der Waals surface area contributed by atoms with Crippen LogP contribution in [0.4, 0.5) is 5.69 Å². The van der Waals surface area contributed by atoms with Crippen molar-refractivity contribution in [2.24, 2.45) is 0 Å². The SMILES string of the molecule is COc1ccc(Cc2nnc(Cc3cccnc3)c3ccc(Cl)c(N)c23)cc1Cl. The van der Waals surface area contributed by atoms with Crippen LogP contribution in [0.2, 0.25) is 10.0 Å². The van der Waals surface area contributed by atoms with Gasteiger partial charge in [-0.25, -0.2) is 0 Å². The fourth-order valence-electron chi connectivity index (χ4n) is 3.33. The minimum absolute atomic E-state index is 0.492. The molecule has 0 atom stereocenters. The minimum atomic E-state index is 0.492. The number of aromatic nitrogens is 3. The van der Waals surface area contributed by atoms with E-state index in [2.05, 4.69) is 15.2 Å². The summed E-state index contributed by atoms with van der Waals surface area (Å²) in [5.41, 5.74) is 10.5. The molecule has 0 spiro atoms. The molecule has 2 aromatic heterocycles. The summed E-state index contributed by atoms with van der Waals surface area (Å²) in [4.78, 5) is 4.17. The molecule has 2 heterocycles. The van der Waals surface area contributed by atoms with E-state index in [1.807, 2.05) is 42.6 Å². The Morgan fingerprint density at radius 1 is 0.931 bits per heavy atom. The molecule has 0 aliphatic carbocycles. The monoisotopic (exact) mass is 424 g/mol. The highest BCUT2D eigenvalue weighted by atomic mass is 35.5. The molecule has 0 aliphatic heterocycles. The number of hydrogen-bond donors (Lipinski definition) is 1. The Hall–Kier alpha value is -2.89. The lowest BCUT2D eigenvalue weighted by Crippen LogP contribution is -2.05. The Morgan fingerprint density at radius 3 is 2.45 bits per heavy atom. The van der Waals surface area contributed by atoms with Crippen LogP contribution in [-0.4, -0.2) is 22.3 Å². The second-order valence-corrected chi connectivity index (χ2v) is 7.48. The third-order valence-corrected chi connectivity index (χ3v) is 5.39. The van der Waals surface area contributed by atoms with Gasteiger partial charge >= 0.3 is 0 Å². The first kappa shape index (κ1) is 19.4. The second kappa shape index (κ2) is 8.23. The lowest BCUT2D eigenvalue weighted by molar-refractivity contribution is 0.415. The maximum atomic E-state index is 6.35. The van der Waals surface area contributed by atoms with Crippen LogP contribution in [0.5, 0.6) is 5.75 Å². The average molecular weight is 425 g/mol. The zero-order valence-electron chi connectivity index (χ0n) is 15.7. The van der Waals surface area contributed by atoms with Gasteiger partial charge in [0.25, 0.3) is 0 Å². The van der Waals surface area contributed by atoms with Crippen LogP contribution in [0, 0.1) is 0 Å². The molecule has 0 radical (unpaired) electrons. The van der Waals surface area contributed by atoms with Crippen molar-refractivity contribution in [2.75, 3.05) is 12.8 Å². The fourth-order valence-corrected chi connectivity index (χ4v) is 3.77. The van der Waals surface area contributed by atoms with Crippen LogP contribution < -0.4 is 10.5 Å². The molecule has 2 aromatic carbocycles. The summed E-state index contributed by atoms with van der Waals surface area (Å²) >= 11 is 12.6. The molecule has 7 heteroatoms. The molecule has 0 saturated carbocycles. The number of nitrogens with two attached hydrogens (primary N) is 1. The molecule has 4 aromatic rings. The van der Waals surface area contributed by atoms with Gasteiger partial charge in [0.1, 0.15) is 5.75 Å². The van der Waals surface area contributed by atoms with E-state index >= 15 is 0 Å². The van der Waals surface area contributed by atoms with E-state index in [0.717, 1.165) is 33.3 Å². The summed E-state index contributed by atoms with van der Waals surface area (Å²) in [6, 6.07) is 13.3. The number of halogens is 2. The number of anilines is 1. The van der Waals surface area contributed by atoms with E-state index in [-0.39, 0.29) is 0 Å². The van der Waals surface area contributed by atoms with E-state index < -0.39 is 0 Å². The predicted octanol–water partition coefficient (Wildman–Crippen LogP) is 5.10. The van der Waals surface area contributed by atoms with Crippen molar-refractivity contribution in [3.05, 3.63) is 87.4 Å². The largest absolute Gasteiger partial charge is 0.495 e. The van der Waals surface area contributed by atoms with Gasteiger partial charge in [-0.05, 0) is 35.4 Å². The average Bonchev–Trinajstić information content (AvgIpc) is 2.73. The van der Waals surface area contributed by atoms with Gasteiger partial charge in [-0.1, -0.05) is 41.4 Å². The van der Waals surface area contributed by atoms with Crippen molar-refractivity contribution in [1.29, 1.82) is 0 Å². The van der Waals surface area contributed by atoms with Crippen molar-refractivity contribution in [3.8, 4) is 5.75 Å². The number of benzene rings is 2. The Balaban J connectivity index is 1.80. The molecule has 146 valence electrons. The summed E-state index contributed by atoms with van der Waals surface area (Å²) in [5.74, 6) is 0.626. The first-order valence-corrected chi connectivity index (χ1v) is 9.76. The van der Waals surface area contributed by atoms with E-state index in [1.165, 1.54) is 0 Å². The normalized spacial score (nSPS) is 11.0. The number of rotatable bonds is 5. The summed E-state index contributed by atoms with van der Waals surface area (Å²) in [6.45, 7) is 0. The van der Waals surface area contributed by atoms with Crippen molar-refractivity contribution < 1.29 is 4.74 Å². The van der Waals surface area contributed by atoms with Crippen molar-refractivity contribution in [2.45, 2.75) is 12.8 Å². The zero-order valence-corrected chi connectivity index (χ0v) is 17.2. The molecule has 0 saturated heterocycles. The highest BCUT2D eigenvalue weighted by Gasteiger charge is 2.16. The molecular formula is C22H18Cl2N4O. The summed E-state index contributed by atoms with van der Waals surface area (Å²) in [5, 5.41) is 11.8. The summed E-state index contributed by atoms with van der Waals surface area (Å²) in [6.07, 6.45) is 4.69. The molecule has 0 amide bonds. The van der Waals surface area contributed by atoms with Gasteiger partial charge in [-0.3, -0.25) is 4.98 Å². The van der Waals surface area contributed by atoms with Gasteiger partial charge in [0, 0.05) is 36.0 Å². The third kappa shape index (κ3) is 3.97. The third-order valence-electron chi connectivity index (χ3n) is 4.77. The number of nitrogens with zero attached hydrogens (tertiary/aromatic N) is 3. The van der Waals surface area contributed by atoms with E-state index in [9.17, 15) is 0 Å². The highest BCUT2D eigenvalue weighted by molar-refractivity contribution is 6.34. The lowest BCUT2D eigenvalue weighted by atomic mass is 9.99. The molecule has 4 rings (SSSR count). The fraction of sp³-hybridized carbons (Fsp3) is 0.136. The van der Waals surface area contributed by atoms with E-state index in [4.69, 9.17) is 33.7 Å². The number of hydrogen-bond acceptors (Lipinski definition) is 5. The number of nitrogen functional groups attached to an aromatic ring is 1. The Kier molecular flexibility index (Phi) is 5.51. The van der Waals surface area contributed by atoms with Gasteiger partial charge in [0.05, 0.1) is 34.2 Å². The predicted molar refractivity (Wildman–Crippen MR) is 117 cm³/mol. The molecular weight excluding hydrogens is 407 g/mol. The maximum Gasteiger partial charge on any atom is 0.137 e. The van der Waals surface area contributed by atoms with Crippen molar-refractivity contribution >= 4 is 39.7 Å². The first-order valence-electron chi connectivity index (χ1n) is 9.00. The van der Waals surface area contributed by atoms with Crippen LogP contribution >= 0.6 is 23.2 Å². The molecule has 0 aliphatic rings. The van der Waals surface area contributed by atoms with Crippen LogP contribution in [-0.2, 0) is 12.8 Å². The van der Waals surface area contributed by atoms with Crippen LogP contribution in [0.15, 0.2) is 54.9 Å². The quantitative estimate of drug-likeness (QED) is 0.450. The molecule has 0 fully saturated rings. The zero-order chi connectivity index (χ0) is 20.4. The molecule has 0 unspecified atom stereocenters. The number of methoxy groups -OCH3 is 1. The molecule has 0 bridgehead atoms. The number of pyridine rings is 1. The number of fused-ring (bicyclic) bond motifs is 1. The van der Waals surface area contributed by atoms with E-state index in [1.54, 1.807) is 19.4 Å². The molecule has 2 N–H and O–H groups in total. The number of ether oxygens (including phenoxy) is 1. The van der Waals surface area contributed by atoms with Gasteiger partial charge < -0.3 is 10.5 Å². The topological polar surface area (TPSA) is 73.9 Å². The first-order chi connectivity index (χ1) is 14.1. The van der Waals surface area contributed by atoms with Crippen molar-refractivity contribution in [1.82, 2.24) is 15.2 Å². The van der Waals surface area contributed by atoms with Crippen LogP contribution in [0.3, 0.4) is 0 Å². The van der Waals surface area contributed by atoms with Crippen molar-refractivity contribution in [3.63, 3.8) is 0 Å². The highest BCUT2D eigenvalue weighted by Crippen LogP contribution is 2.34. The van der Waals surface area contributed by atoms with E-state index in [0.29, 0.717) is 34.3 Å². The van der Waals surface area contributed by atoms with Crippen LogP contribution in [0.25, 0.3) is 10.8 Å². The van der Waals surface area contributed by atoms with Crippen LogP contribution in [0.1, 0.15) is 22.5 Å². The lowest BCUT2D eigenvalue weighted by Gasteiger charge is -2.13. The Labute approximate surface area is 178 Å². The van der Waals surface area contributed by atoms with Gasteiger partial charge in [-0.2, -0.15) is 10.2 Å². The summed E-state index contributed by atoms with van der Waals surface area (Å²) in [7, 11) is 1.59. The standard InChI is InChI=1S/C22H18Cl2N4O/c1-29-20-7-4-13(9-17(20)24)10-19-21-15(5-6-16(23)22(21)25)18(27-28-19)11-14-3-2-8-26-12-14/h2-9,12H,10-11,25H2,1H3. The second-order valence-electron chi connectivity index (χ2n) is 6.66. The smallest absolute Gasteiger partial charge is 0.137 e. The maximum absolute atomic E-state index is 6.35. The minimum Gasteiger partial charge on any atom is -0.495 e. The molecule has 29 heavy (non-hydrogen) atoms. The van der Waals surface area contributed by atoms with Gasteiger partial charge in [0.15, 0.2) is 0 Å². The Morgan fingerprint density at radius 2 is 1.72 bits per heavy atom. The van der Waals surface area contributed by atoms with Gasteiger partial charge in [0.2, 0.25) is 0 Å².